The summed E-state index contributed by atoms with van der Waals surface area (Å²) in [5.41, 5.74) is 2.39. The SMILES string of the molecule is Cc1ccc(SCC(=O)N2c3ccccc3NC(=O)C[C@@H]2C(F)(F)F)cc1C. The molecular weight excluding hydrogens is 389 g/mol. The summed E-state index contributed by atoms with van der Waals surface area (Å²) in [6.45, 7) is 3.89. The molecule has 1 N–H and O–H groups in total. The second-order valence-electron chi connectivity index (χ2n) is 6.63. The van der Waals surface area contributed by atoms with Gasteiger partial charge in [0.15, 0.2) is 0 Å². The Morgan fingerprint density at radius 1 is 1.18 bits per heavy atom. The molecule has 4 nitrogen and oxygen atoms in total. The van der Waals surface area contributed by atoms with Gasteiger partial charge in [-0.3, -0.25) is 14.5 Å². The topological polar surface area (TPSA) is 49.4 Å². The van der Waals surface area contributed by atoms with E-state index >= 15 is 0 Å². The fourth-order valence-corrected chi connectivity index (χ4v) is 3.87. The number of benzene rings is 2. The van der Waals surface area contributed by atoms with Crippen molar-refractivity contribution in [1.82, 2.24) is 0 Å². The molecule has 0 saturated heterocycles. The maximum atomic E-state index is 13.7. The lowest BCUT2D eigenvalue weighted by Gasteiger charge is -2.31. The minimum atomic E-state index is -4.73. The molecule has 0 unspecified atom stereocenters. The maximum absolute atomic E-state index is 13.7. The number of hydrogen-bond donors (Lipinski definition) is 1. The lowest BCUT2D eigenvalue weighted by atomic mass is 10.1. The molecule has 28 heavy (non-hydrogen) atoms. The Labute approximate surface area is 165 Å². The number of carbonyl (C=O) groups is 2. The number of aryl methyl sites for hydroxylation is 2. The van der Waals surface area contributed by atoms with Crippen molar-refractivity contribution in [2.24, 2.45) is 0 Å². The van der Waals surface area contributed by atoms with Crippen molar-refractivity contribution in [3.63, 3.8) is 0 Å². The Kier molecular flexibility index (Phi) is 5.69. The van der Waals surface area contributed by atoms with Crippen LogP contribution in [0.15, 0.2) is 47.4 Å². The Hall–Kier alpha value is -2.48. The Balaban J connectivity index is 1.91. The highest BCUT2D eigenvalue weighted by atomic mass is 32.2. The summed E-state index contributed by atoms with van der Waals surface area (Å²) in [6, 6.07) is 9.48. The number of nitrogens with one attached hydrogen (secondary N) is 1. The highest BCUT2D eigenvalue weighted by Crippen LogP contribution is 2.38. The van der Waals surface area contributed by atoms with Gasteiger partial charge in [-0.25, -0.2) is 0 Å². The van der Waals surface area contributed by atoms with Gasteiger partial charge in [-0.1, -0.05) is 18.2 Å². The molecule has 2 aromatic carbocycles. The van der Waals surface area contributed by atoms with Crippen molar-refractivity contribution in [3.05, 3.63) is 53.6 Å². The summed E-state index contributed by atoms with van der Waals surface area (Å²) in [5.74, 6) is -1.64. The van der Waals surface area contributed by atoms with Crippen LogP contribution in [0.2, 0.25) is 0 Å². The van der Waals surface area contributed by atoms with Crippen LogP contribution in [0.3, 0.4) is 0 Å². The van der Waals surface area contributed by atoms with Crippen molar-refractivity contribution < 1.29 is 22.8 Å². The highest BCUT2D eigenvalue weighted by Gasteiger charge is 2.48. The number of halogens is 3. The van der Waals surface area contributed by atoms with E-state index in [9.17, 15) is 22.8 Å². The van der Waals surface area contributed by atoms with Gasteiger partial charge in [0.2, 0.25) is 11.8 Å². The zero-order chi connectivity index (χ0) is 20.5. The number of hydrogen-bond acceptors (Lipinski definition) is 3. The minimum absolute atomic E-state index is 0.0568. The predicted molar refractivity (Wildman–Crippen MR) is 104 cm³/mol. The largest absolute Gasteiger partial charge is 0.409 e. The summed E-state index contributed by atoms with van der Waals surface area (Å²) >= 11 is 1.18. The van der Waals surface area contributed by atoms with Crippen molar-refractivity contribution in [2.75, 3.05) is 16.0 Å². The van der Waals surface area contributed by atoms with Crippen LogP contribution in [0.1, 0.15) is 17.5 Å². The molecule has 1 aliphatic rings. The van der Waals surface area contributed by atoms with Crippen LogP contribution >= 0.6 is 11.8 Å². The van der Waals surface area contributed by atoms with Gasteiger partial charge in [-0.05, 0) is 49.2 Å². The number of rotatable bonds is 3. The predicted octanol–water partition coefficient (Wildman–Crippen LogP) is 4.70. The number of anilines is 2. The molecule has 0 bridgehead atoms. The average Bonchev–Trinajstić information content (AvgIpc) is 2.78. The molecule has 0 fully saturated rings. The van der Waals surface area contributed by atoms with Crippen molar-refractivity contribution >= 4 is 35.0 Å². The van der Waals surface area contributed by atoms with E-state index in [0.717, 1.165) is 16.0 Å². The van der Waals surface area contributed by atoms with E-state index in [-0.39, 0.29) is 17.1 Å². The molecule has 0 radical (unpaired) electrons. The summed E-state index contributed by atoms with van der Waals surface area (Å²) in [4.78, 5) is 26.3. The van der Waals surface area contributed by atoms with E-state index in [1.54, 1.807) is 12.1 Å². The zero-order valence-electron chi connectivity index (χ0n) is 15.3. The summed E-state index contributed by atoms with van der Waals surface area (Å²) in [6.07, 6.45) is -5.56. The van der Waals surface area contributed by atoms with Crippen LogP contribution in [-0.2, 0) is 9.59 Å². The Morgan fingerprint density at radius 2 is 1.89 bits per heavy atom. The van der Waals surface area contributed by atoms with Crippen LogP contribution in [0.4, 0.5) is 24.5 Å². The third-order valence-electron chi connectivity index (χ3n) is 4.62. The molecule has 0 aliphatic carbocycles. The number of thioether (sulfide) groups is 1. The first kappa shape index (κ1) is 20.3. The Morgan fingerprint density at radius 3 is 2.57 bits per heavy atom. The van der Waals surface area contributed by atoms with Crippen LogP contribution in [0.25, 0.3) is 0 Å². The number of amides is 2. The monoisotopic (exact) mass is 408 g/mol. The van der Waals surface area contributed by atoms with Crippen LogP contribution in [-0.4, -0.2) is 29.8 Å². The average molecular weight is 408 g/mol. The van der Waals surface area contributed by atoms with E-state index in [4.69, 9.17) is 0 Å². The third kappa shape index (κ3) is 4.32. The fraction of sp³-hybridized carbons (Fsp3) is 0.300. The fourth-order valence-electron chi connectivity index (χ4n) is 3.01. The first-order chi connectivity index (χ1) is 13.2. The first-order valence-electron chi connectivity index (χ1n) is 8.64. The molecule has 2 aromatic rings. The molecule has 148 valence electrons. The van der Waals surface area contributed by atoms with E-state index in [2.05, 4.69) is 5.32 Å². The molecule has 3 rings (SSSR count). The van der Waals surface area contributed by atoms with Crippen LogP contribution < -0.4 is 10.2 Å². The molecule has 8 heteroatoms. The lowest BCUT2D eigenvalue weighted by molar-refractivity contribution is -0.157. The van der Waals surface area contributed by atoms with Gasteiger partial charge in [-0.15, -0.1) is 11.8 Å². The Bertz CT molecular complexity index is 915. The molecule has 0 aromatic heterocycles. The molecule has 0 saturated carbocycles. The van der Waals surface area contributed by atoms with Crippen molar-refractivity contribution in [3.8, 4) is 0 Å². The smallest absolute Gasteiger partial charge is 0.324 e. The quantitative estimate of drug-likeness (QED) is 0.749. The van der Waals surface area contributed by atoms with Gasteiger partial charge >= 0.3 is 6.18 Å². The van der Waals surface area contributed by atoms with Gasteiger partial charge in [0, 0.05) is 4.90 Å². The van der Waals surface area contributed by atoms with Crippen molar-refractivity contribution in [1.29, 1.82) is 0 Å². The normalized spacial score (nSPS) is 17.0. The number of nitrogens with zero attached hydrogens (tertiary/aromatic N) is 1. The number of carbonyl (C=O) groups excluding carboxylic acids is 2. The molecule has 1 atom stereocenters. The second kappa shape index (κ2) is 7.87. The van der Waals surface area contributed by atoms with Gasteiger partial charge in [0.05, 0.1) is 23.5 Å². The number of fused-ring (bicyclic) bond motifs is 1. The summed E-state index contributed by atoms with van der Waals surface area (Å²) in [7, 11) is 0. The minimum Gasteiger partial charge on any atom is -0.324 e. The van der Waals surface area contributed by atoms with Gasteiger partial charge in [-0.2, -0.15) is 13.2 Å². The number of para-hydroxylation sites is 2. The molecule has 2 amide bonds. The highest BCUT2D eigenvalue weighted by molar-refractivity contribution is 8.00. The molecule has 1 heterocycles. The van der Waals surface area contributed by atoms with E-state index in [1.165, 1.54) is 23.9 Å². The second-order valence-corrected chi connectivity index (χ2v) is 7.67. The summed E-state index contributed by atoms with van der Waals surface area (Å²) < 4.78 is 41.0. The zero-order valence-corrected chi connectivity index (χ0v) is 16.2. The summed E-state index contributed by atoms with van der Waals surface area (Å²) in [5, 5.41) is 2.46. The van der Waals surface area contributed by atoms with Gasteiger partial charge in [0.1, 0.15) is 6.04 Å². The molecule has 1 aliphatic heterocycles. The van der Waals surface area contributed by atoms with Gasteiger partial charge in [0.25, 0.3) is 0 Å². The van der Waals surface area contributed by atoms with E-state index in [0.29, 0.717) is 4.90 Å². The van der Waals surface area contributed by atoms with Gasteiger partial charge < -0.3 is 5.32 Å². The molecular formula is C20H19F3N2O2S. The third-order valence-corrected chi connectivity index (χ3v) is 5.59. The maximum Gasteiger partial charge on any atom is 0.409 e. The van der Waals surface area contributed by atoms with Crippen LogP contribution in [0.5, 0.6) is 0 Å². The van der Waals surface area contributed by atoms with E-state index in [1.807, 2.05) is 32.0 Å². The lowest BCUT2D eigenvalue weighted by Crippen LogP contribution is -2.50. The van der Waals surface area contributed by atoms with E-state index < -0.39 is 30.5 Å². The standard InChI is InChI=1S/C20H19F3N2O2S/c1-12-7-8-14(9-13(12)2)28-11-19(27)25-16-6-4-3-5-15(16)24-18(26)10-17(25)20(21,22)23/h3-9,17H,10-11H2,1-2H3,(H,24,26)/t17-/m1/s1. The van der Waals surface area contributed by atoms with Crippen LogP contribution in [0, 0.1) is 13.8 Å². The first-order valence-corrected chi connectivity index (χ1v) is 9.63. The molecule has 0 spiro atoms. The van der Waals surface area contributed by atoms with Crippen molar-refractivity contribution in [2.45, 2.75) is 37.4 Å². The number of alkyl halides is 3.